The molecule has 0 aliphatic carbocycles. The van der Waals surface area contributed by atoms with Crippen molar-refractivity contribution in [3.8, 4) is 0 Å². The number of unbranched alkanes of at least 4 members (excludes halogenated alkanes) is 1. The highest BCUT2D eigenvalue weighted by atomic mass is 28.4. The van der Waals surface area contributed by atoms with Gasteiger partial charge in [0.25, 0.3) is 0 Å². The third-order valence-electron chi connectivity index (χ3n) is 4.59. The highest BCUT2D eigenvalue weighted by molar-refractivity contribution is 6.60. The second-order valence-corrected chi connectivity index (χ2v) is 11.3. The Balaban J connectivity index is 1.85. The molecule has 0 amide bonds. The van der Waals surface area contributed by atoms with Crippen LogP contribution >= 0.6 is 0 Å². The standard InChI is InChI=1S/C14H31NO7Si2/c1-16-23(17-2,18-3)12-6-5-7-14-13-15-8-10-20-24(19-4,22-14)21-11-9-15/h14H,5-13H2,1-4H3. The molecule has 142 valence electrons. The monoisotopic (exact) mass is 381 g/mol. The lowest BCUT2D eigenvalue weighted by Gasteiger charge is -2.40. The van der Waals surface area contributed by atoms with E-state index in [0.29, 0.717) is 13.2 Å². The van der Waals surface area contributed by atoms with Crippen LogP contribution in [-0.4, -0.2) is 90.1 Å². The maximum Gasteiger partial charge on any atom is 0.679 e. The minimum absolute atomic E-state index is 0.0564. The zero-order valence-corrected chi connectivity index (χ0v) is 17.2. The number of hydrogen-bond donors (Lipinski definition) is 0. The highest BCUT2D eigenvalue weighted by Crippen LogP contribution is 2.24. The largest absolute Gasteiger partial charge is 0.679 e. The third-order valence-corrected chi connectivity index (χ3v) is 9.66. The van der Waals surface area contributed by atoms with Crippen LogP contribution in [-0.2, 0) is 31.0 Å². The summed E-state index contributed by atoms with van der Waals surface area (Å²) in [5.74, 6) is 0. The number of rotatable bonds is 9. The first-order valence-corrected chi connectivity index (χ1v) is 12.1. The van der Waals surface area contributed by atoms with Crippen molar-refractivity contribution in [2.75, 3.05) is 61.3 Å². The fraction of sp³-hybridized carbons (Fsp3) is 1.00. The molecule has 3 aliphatic rings. The van der Waals surface area contributed by atoms with E-state index >= 15 is 0 Å². The van der Waals surface area contributed by atoms with Gasteiger partial charge in [0.05, 0.1) is 19.3 Å². The van der Waals surface area contributed by atoms with Crippen molar-refractivity contribution < 1.29 is 31.0 Å². The molecule has 8 nitrogen and oxygen atoms in total. The van der Waals surface area contributed by atoms with E-state index in [4.69, 9.17) is 31.0 Å². The molecule has 3 aliphatic heterocycles. The van der Waals surface area contributed by atoms with Gasteiger partial charge in [-0.15, -0.1) is 0 Å². The lowest BCUT2D eigenvalue weighted by Crippen LogP contribution is -2.59. The van der Waals surface area contributed by atoms with Crippen LogP contribution in [0, 0.1) is 0 Å². The fourth-order valence-corrected chi connectivity index (χ4v) is 6.75. The second-order valence-electron chi connectivity index (χ2n) is 5.98. The predicted octanol–water partition coefficient (Wildman–Crippen LogP) is 0.864. The molecule has 3 rings (SSSR count). The first-order valence-electron chi connectivity index (χ1n) is 8.49. The molecule has 0 spiro atoms. The summed E-state index contributed by atoms with van der Waals surface area (Å²) in [5.41, 5.74) is 0. The Morgan fingerprint density at radius 1 is 1.00 bits per heavy atom. The SMILES string of the molecule is CO[Si](CCCCC1CN2CCO[Si](OC)(OCC2)O1)(OC)OC. The van der Waals surface area contributed by atoms with E-state index < -0.39 is 17.9 Å². The molecule has 2 bridgehead atoms. The molecular weight excluding hydrogens is 350 g/mol. The topological polar surface area (TPSA) is 67.9 Å². The lowest BCUT2D eigenvalue weighted by molar-refractivity contribution is -0.0935. The summed E-state index contributed by atoms with van der Waals surface area (Å²) in [6, 6.07) is 0.798. The van der Waals surface area contributed by atoms with Crippen molar-refractivity contribution in [3.05, 3.63) is 0 Å². The molecule has 3 saturated heterocycles. The summed E-state index contributed by atoms with van der Waals surface area (Å²) in [6.45, 7) is 3.88. The molecule has 0 saturated carbocycles. The summed E-state index contributed by atoms with van der Waals surface area (Å²) < 4.78 is 39.7. The Morgan fingerprint density at radius 2 is 1.62 bits per heavy atom. The minimum Gasteiger partial charge on any atom is -0.377 e. The molecule has 1 atom stereocenters. The molecule has 1 unspecified atom stereocenters. The van der Waals surface area contributed by atoms with E-state index in [2.05, 4.69) is 4.90 Å². The highest BCUT2D eigenvalue weighted by Gasteiger charge is 2.49. The Morgan fingerprint density at radius 3 is 2.17 bits per heavy atom. The number of hydrogen-bond acceptors (Lipinski definition) is 8. The quantitative estimate of drug-likeness (QED) is 0.430. The Hall–Kier alpha value is 0.114. The van der Waals surface area contributed by atoms with Gasteiger partial charge in [-0.3, -0.25) is 4.90 Å². The van der Waals surface area contributed by atoms with Gasteiger partial charge in [0.2, 0.25) is 0 Å². The maximum atomic E-state index is 6.16. The zero-order valence-electron chi connectivity index (χ0n) is 15.2. The predicted molar refractivity (Wildman–Crippen MR) is 91.4 cm³/mol. The van der Waals surface area contributed by atoms with Crippen LogP contribution in [0.2, 0.25) is 6.04 Å². The van der Waals surface area contributed by atoms with Gasteiger partial charge in [-0.25, -0.2) is 0 Å². The Labute approximate surface area is 147 Å². The summed E-state index contributed by atoms with van der Waals surface area (Å²) in [6.07, 6.45) is 2.94. The van der Waals surface area contributed by atoms with Crippen molar-refractivity contribution >= 4 is 17.9 Å². The van der Waals surface area contributed by atoms with Crippen LogP contribution in [0.3, 0.4) is 0 Å². The molecular formula is C14H31NO7Si2. The van der Waals surface area contributed by atoms with Crippen molar-refractivity contribution in [2.24, 2.45) is 0 Å². The smallest absolute Gasteiger partial charge is 0.377 e. The van der Waals surface area contributed by atoms with Gasteiger partial charge in [0.1, 0.15) is 0 Å². The van der Waals surface area contributed by atoms with E-state index in [1.165, 1.54) is 0 Å². The van der Waals surface area contributed by atoms with Crippen molar-refractivity contribution in [3.63, 3.8) is 0 Å². The normalized spacial score (nSPS) is 31.5. The lowest BCUT2D eigenvalue weighted by atomic mass is 10.1. The van der Waals surface area contributed by atoms with Crippen LogP contribution in [0.25, 0.3) is 0 Å². The molecule has 24 heavy (non-hydrogen) atoms. The molecule has 0 radical (unpaired) electrons. The molecule has 0 aromatic heterocycles. The summed E-state index contributed by atoms with van der Waals surface area (Å²) >= 11 is 0. The van der Waals surface area contributed by atoms with Crippen molar-refractivity contribution in [1.82, 2.24) is 4.90 Å². The summed E-state index contributed by atoms with van der Waals surface area (Å²) in [4.78, 5) is 2.33. The maximum absolute atomic E-state index is 6.16. The van der Waals surface area contributed by atoms with Crippen LogP contribution < -0.4 is 0 Å². The van der Waals surface area contributed by atoms with Gasteiger partial charge in [-0.2, -0.15) is 0 Å². The minimum atomic E-state index is -2.97. The first kappa shape index (κ1) is 20.4. The van der Waals surface area contributed by atoms with E-state index in [1.807, 2.05) is 0 Å². The molecule has 0 N–H and O–H groups in total. The van der Waals surface area contributed by atoms with Gasteiger partial charge < -0.3 is 31.0 Å². The number of fused-ring (bicyclic) bond motifs is 6. The number of nitrogens with zero attached hydrogens (tertiary/aromatic N) is 1. The molecule has 0 aromatic carbocycles. The molecule has 10 heteroatoms. The van der Waals surface area contributed by atoms with Crippen LogP contribution in [0.1, 0.15) is 19.3 Å². The van der Waals surface area contributed by atoms with Gasteiger partial charge in [0, 0.05) is 54.1 Å². The molecule has 3 fully saturated rings. The van der Waals surface area contributed by atoms with Crippen molar-refractivity contribution in [1.29, 1.82) is 0 Å². The van der Waals surface area contributed by atoms with Crippen molar-refractivity contribution in [2.45, 2.75) is 31.4 Å². The molecule has 0 aromatic rings. The molecule has 3 heterocycles. The Kier molecular flexibility index (Phi) is 8.27. The van der Waals surface area contributed by atoms with Gasteiger partial charge in [-0.05, 0) is 12.8 Å². The fourth-order valence-electron chi connectivity index (χ4n) is 3.12. The van der Waals surface area contributed by atoms with Gasteiger partial charge in [-0.1, -0.05) is 6.42 Å². The summed E-state index contributed by atoms with van der Waals surface area (Å²) in [5, 5.41) is 0. The van der Waals surface area contributed by atoms with E-state index in [9.17, 15) is 0 Å². The average molecular weight is 382 g/mol. The Bertz CT molecular complexity index is 355. The van der Waals surface area contributed by atoms with Crippen LogP contribution in [0.5, 0.6) is 0 Å². The van der Waals surface area contributed by atoms with E-state index in [0.717, 1.165) is 44.9 Å². The second kappa shape index (κ2) is 9.71. The van der Waals surface area contributed by atoms with Gasteiger partial charge in [0.15, 0.2) is 0 Å². The van der Waals surface area contributed by atoms with Gasteiger partial charge >= 0.3 is 17.9 Å². The van der Waals surface area contributed by atoms with Crippen LogP contribution in [0.4, 0.5) is 0 Å². The van der Waals surface area contributed by atoms with E-state index in [-0.39, 0.29) is 6.10 Å². The summed E-state index contributed by atoms with van der Waals surface area (Å²) in [7, 11) is 1.10. The first-order chi connectivity index (χ1) is 11.6. The average Bonchev–Trinajstić information content (AvgIpc) is 2.56. The third kappa shape index (κ3) is 5.30. The van der Waals surface area contributed by atoms with E-state index in [1.54, 1.807) is 28.4 Å². The zero-order chi connectivity index (χ0) is 17.5. The van der Waals surface area contributed by atoms with Crippen LogP contribution in [0.15, 0.2) is 0 Å².